The van der Waals surface area contributed by atoms with Gasteiger partial charge in [0.05, 0.1) is 5.69 Å². The van der Waals surface area contributed by atoms with Gasteiger partial charge in [-0.2, -0.15) is 0 Å². The van der Waals surface area contributed by atoms with Gasteiger partial charge in [0.25, 0.3) is 5.56 Å². The van der Waals surface area contributed by atoms with Crippen LogP contribution in [0.25, 0.3) is 0 Å². The van der Waals surface area contributed by atoms with Gasteiger partial charge >= 0.3 is 0 Å². The Morgan fingerprint density at radius 1 is 1.00 bits per heavy atom. The van der Waals surface area contributed by atoms with Crippen molar-refractivity contribution in [1.29, 1.82) is 0 Å². The highest BCUT2D eigenvalue weighted by Gasteiger charge is 2.30. The molecule has 7 heteroatoms. The van der Waals surface area contributed by atoms with Gasteiger partial charge in [0.2, 0.25) is 11.8 Å². The SMILES string of the molecule is CC(C)C(=O)N1CCC(c2nc(C3CCCN(C(=O)CC4CCCC4)C3)cc(=O)[nH]2)CC1. The van der Waals surface area contributed by atoms with Crippen molar-refractivity contribution in [1.82, 2.24) is 19.8 Å². The van der Waals surface area contributed by atoms with E-state index in [-0.39, 0.29) is 35.1 Å². The molecular weight excluding hydrogens is 404 g/mol. The zero-order chi connectivity index (χ0) is 22.7. The van der Waals surface area contributed by atoms with Crippen LogP contribution in [0, 0.1) is 11.8 Å². The molecule has 4 rings (SSSR count). The van der Waals surface area contributed by atoms with E-state index in [1.165, 1.54) is 25.7 Å². The van der Waals surface area contributed by atoms with Crippen LogP contribution in [0.2, 0.25) is 0 Å². The molecule has 1 aromatic heterocycles. The molecule has 0 bridgehead atoms. The molecule has 0 spiro atoms. The van der Waals surface area contributed by atoms with Crippen LogP contribution in [0.3, 0.4) is 0 Å². The van der Waals surface area contributed by atoms with E-state index in [2.05, 4.69) is 4.98 Å². The molecule has 3 heterocycles. The van der Waals surface area contributed by atoms with Crippen molar-refractivity contribution < 1.29 is 9.59 Å². The van der Waals surface area contributed by atoms with Crippen LogP contribution in [0.4, 0.5) is 0 Å². The molecule has 1 atom stereocenters. The molecule has 1 unspecified atom stereocenters. The minimum atomic E-state index is -0.111. The summed E-state index contributed by atoms with van der Waals surface area (Å²) in [4.78, 5) is 49.4. The second-order valence-electron chi connectivity index (χ2n) is 10.3. The second kappa shape index (κ2) is 10.2. The van der Waals surface area contributed by atoms with Gasteiger partial charge in [0.1, 0.15) is 5.82 Å². The number of likely N-dealkylation sites (tertiary alicyclic amines) is 2. The highest BCUT2D eigenvalue weighted by atomic mass is 16.2. The van der Waals surface area contributed by atoms with Gasteiger partial charge in [-0.25, -0.2) is 4.98 Å². The first kappa shape index (κ1) is 23.0. The van der Waals surface area contributed by atoms with Crippen molar-refractivity contribution in [2.45, 2.75) is 83.5 Å². The van der Waals surface area contributed by atoms with Gasteiger partial charge in [0, 0.05) is 56.4 Å². The lowest BCUT2D eigenvalue weighted by atomic mass is 9.92. The smallest absolute Gasteiger partial charge is 0.251 e. The fourth-order valence-electron chi connectivity index (χ4n) is 5.67. The highest BCUT2D eigenvalue weighted by Crippen LogP contribution is 2.31. The third-order valence-electron chi connectivity index (χ3n) is 7.60. The fourth-order valence-corrected chi connectivity index (χ4v) is 5.67. The van der Waals surface area contributed by atoms with Crippen LogP contribution in [0.1, 0.15) is 95.0 Å². The topological polar surface area (TPSA) is 86.4 Å². The summed E-state index contributed by atoms with van der Waals surface area (Å²) in [6.45, 7) is 6.78. The van der Waals surface area contributed by atoms with Gasteiger partial charge in [0.15, 0.2) is 0 Å². The van der Waals surface area contributed by atoms with Gasteiger partial charge in [-0.15, -0.1) is 0 Å². The van der Waals surface area contributed by atoms with Crippen molar-refractivity contribution in [3.05, 3.63) is 27.9 Å². The molecule has 1 aliphatic carbocycles. The lowest BCUT2D eigenvalue weighted by Gasteiger charge is -2.34. The lowest BCUT2D eigenvalue weighted by Crippen LogP contribution is -2.41. The molecule has 3 aliphatic rings. The van der Waals surface area contributed by atoms with E-state index in [4.69, 9.17) is 4.98 Å². The van der Waals surface area contributed by atoms with Gasteiger partial charge in [-0.05, 0) is 44.4 Å². The highest BCUT2D eigenvalue weighted by molar-refractivity contribution is 5.78. The normalized spacial score (nSPS) is 23.2. The standard InChI is InChI=1S/C25H38N4O3/c1-17(2)25(32)28-12-9-19(10-13-28)24-26-21(15-22(30)27-24)20-8-5-11-29(16-20)23(31)14-18-6-3-4-7-18/h15,17-20H,3-14,16H2,1-2H3,(H,26,27,30). The monoisotopic (exact) mass is 442 g/mol. The minimum Gasteiger partial charge on any atom is -0.342 e. The summed E-state index contributed by atoms with van der Waals surface area (Å²) in [6.07, 6.45) is 9.12. The average Bonchev–Trinajstić information content (AvgIpc) is 3.31. The number of hydrogen-bond donors (Lipinski definition) is 1. The molecule has 7 nitrogen and oxygen atoms in total. The van der Waals surface area contributed by atoms with Crippen molar-refractivity contribution in [3.8, 4) is 0 Å². The molecule has 32 heavy (non-hydrogen) atoms. The number of hydrogen-bond acceptors (Lipinski definition) is 4. The number of carbonyl (C=O) groups is 2. The number of piperidine rings is 2. The Morgan fingerprint density at radius 2 is 1.72 bits per heavy atom. The molecule has 2 amide bonds. The van der Waals surface area contributed by atoms with E-state index < -0.39 is 0 Å². The second-order valence-corrected chi connectivity index (χ2v) is 10.3. The zero-order valence-corrected chi connectivity index (χ0v) is 19.6. The fraction of sp³-hybridized carbons (Fsp3) is 0.760. The summed E-state index contributed by atoms with van der Waals surface area (Å²) >= 11 is 0. The Bertz CT molecular complexity index is 866. The molecule has 176 valence electrons. The van der Waals surface area contributed by atoms with E-state index in [0.717, 1.165) is 43.7 Å². The van der Waals surface area contributed by atoms with E-state index in [9.17, 15) is 14.4 Å². The average molecular weight is 443 g/mol. The van der Waals surface area contributed by atoms with E-state index >= 15 is 0 Å². The summed E-state index contributed by atoms with van der Waals surface area (Å²) in [6, 6.07) is 1.62. The molecule has 0 radical (unpaired) electrons. The maximum Gasteiger partial charge on any atom is 0.251 e. The number of carbonyl (C=O) groups excluding carboxylic acids is 2. The number of nitrogens with zero attached hydrogens (tertiary/aromatic N) is 3. The molecule has 1 aromatic rings. The zero-order valence-electron chi connectivity index (χ0n) is 19.6. The number of aromatic nitrogens is 2. The van der Waals surface area contributed by atoms with Crippen molar-refractivity contribution in [2.24, 2.45) is 11.8 Å². The number of H-pyrrole nitrogens is 1. The van der Waals surface area contributed by atoms with Crippen molar-refractivity contribution in [2.75, 3.05) is 26.2 Å². The number of nitrogens with one attached hydrogen (secondary N) is 1. The molecule has 2 aliphatic heterocycles. The summed E-state index contributed by atoms with van der Waals surface area (Å²) < 4.78 is 0. The maximum absolute atomic E-state index is 12.9. The van der Waals surface area contributed by atoms with E-state index in [1.54, 1.807) is 6.07 Å². The van der Waals surface area contributed by atoms with Crippen LogP contribution in [0.5, 0.6) is 0 Å². The molecule has 1 N–H and O–H groups in total. The molecule has 1 saturated carbocycles. The molecule has 0 aromatic carbocycles. The van der Waals surface area contributed by atoms with E-state index in [0.29, 0.717) is 32.0 Å². The van der Waals surface area contributed by atoms with Crippen LogP contribution in [-0.4, -0.2) is 57.8 Å². The predicted octanol–water partition coefficient (Wildman–Crippen LogP) is 3.42. The number of aromatic amines is 1. The Morgan fingerprint density at radius 3 is 2.41 bits per heavy atom. The third-order valence-corrected chi connectivity index (χ3v) is 7.60. The summed E-state index contributed by atoms with van der Waals surface area (Å²) in [5.41, 5.74) is 0.711. The number of amides is 2. The number of rotatable bonds is 5. The van der Waals surface area contributed by atoms with Crippen LogP contribution < -0.4 is 5.56 Å². The summed E-state index contributed by atoms with van der Waals surface area (Å²) in [5.74, 6) is 2.08. The Labute approximate surface area is 191 Å². The first-order chi connectivity index (χ1) is 15.4. The Hall–Kier alpha value is -2.18. The van der Waals surface area contributed by atoms with Gasteiger partial charge in [-0.3, -0.25) is 14.4 Å². The van der Waals surface area contributed by atoms with Gasteiger partial charge < -0.3 is 14.8 Å². The minimum absolute atomic E-state index is 0.0124. The Kier molecular flexibility index (Phi) is 7.31. The predicted molar refractivity (Wildman–Crippen MR) is 123 cm³/mol. The maximum atomic E-state index is 12.9. The third kappa shape index (κ3) is 5.41. The quantitative estimate of drug-likeness (QED) is 0.757. The van der Waals surface area contributed by atoms with E-state index in [1.807, 2.05) is 23.6 Å². The first-order valence-electron chi connectivity index (χ1n) is 12.6. The molecular formula is C25H38N4O3. The first-order valence-corrected chi connectivity index (χ1v) is 12.6. The summed E-state index contributed by atoms with van der Waals surface area (Å²) in [7, 11) is 0. The Balaban J connectivity index is 1.40. The van der Waals surface area contributed by atoms with Crippen LogP contribution >= 0.6 is 0 Å². The lowest BCUT2D eigenvalue weighted by molar-refractivity contribution is -0.135. The largest absolute Gasteiger partial charge is 0.342 e. The molecule has 2 saturated heterocycles. The van der Waals surface area contributed by atoms with Crippen LogP contribution in [0.15, 0.2) is 10.9 Å². The van der Waals surface area contributed by atoms with Crippen molar-refractivity contribution >= 4 is 11.8 Å². The van der Waals surface area contributed by atoms with Crippen molar-refractivity contribution in [3.63, 3.8) is 0 Å². The van der Waals surface area contributed by atoms with Crippen LogP contribution in [-0.2, 0) is 9.59 Å². The summed E-state index contributed by atoms with van der Waals surface area (Å²) in [5, 5.41) is 0. The molecule has 3 fully saturated rings. The van der Waals surface area contributed by atoms with Gasteiger partial charge in [-0.1, -0.05) is 26.7 Å².